The lowest BCUT2D eigenvalue weighted by Crippen LogP contribution is -2.37. The number of pyridine rings is 3. The summed E-state index contributed by atoms with van der Waals surface area (Å²) < 4.78 is 84.1. The number of halogens is 4. The average molecular weight is 1300 g/mol. The number of carboxylic acids is 1. The SMILES string of the molecule is CCN([C@H](C)c1ccccc1)S(=O)(=O)c1ccc2c(Cl)cnc(Cl)c2c1.CCN([C@H](C)c1ccccc1)S(=O)(=O)c1ccc2c(Cl)cnc(N=C(N)N)c2c1.C[C@H](c1ccccc1)N(CC(=O)O)S(=O)(=O)c1ccc2c(Cl)cnc(N=C(N)N)c2c1. The molecule has 0 spiro atoms. The number of hydrogen-bond donors (Lipinski definition) is 5. The Morgan fingerprint density at radius 2 is 0.767 bits per heavy atom. The first kappa shape index (κ1) is 66.0. The number of aromatic nitrogens is 3. The number of nitrogens with zero attached hydrogens (tertiary/aromatic N) is 8. The third-order valence-corrected chi connectivity index (χ3v) is 20.9. The van der Waals surface area contributed by atoms with E-state index in [1.54, 1.807) is 62.4 Å². The van der Waals surface area contributed by atoms with Gasteiger partial charge in [-0.3, -0.25) is 4.79 Å². The van der Waals surface area contributed by atoms with Gasteiger partial charge in [-0.25, -0.2) is 40.2 Å². The zero-order chi connectivity index (χ0) is 62.8. The molecule has 27 heteroatoms. The van der Waals surface area contributed by atoms with Crippen molar-refractivity contribution >= 4 is 138 Å². The molecular weight excluding hydrogens is 1240 g/mol. The van der Waals surface area contributed by atoms with Gasteiger partial charge in [-0.15, -0.1) is 0 Å². The maximum Gasteiger partial charge on any atom is 0.318 e. The molecule has 0 saturated carbocycles. The average Bonchev–Trinajstić information content (AvgIpc) is 0.912. The van der Waals surface area contributed by atoms with E-state index in [1.165, 1.54) is 63.6 Å². The lowest BCUT2D eigenvalue weighted by Gasteiger charge is -2.27. The number of guanidine groups is 2. The van der Waals surface area contributed by atoms with Crippen molar-refractivity contribution in [2.24, 2.45) is 32.9 Å². The van der Waals surface area contributed by atoms with Gasteiger partial charge in [-0.1, -0.05) is 169 Å². The van der Waals surface area contributed by atoms with Crippen LogP contribution >= 0.6 is 46.4 Å². The minimum absolute atomic E-state index is 0.0948. The number of rotatable bonds is 18. The van der Waals surface area contributed by atoms with Crippen LogP contribution in [0.1, 0.15) is 69.4 Å². The first-order chi connectivity index (χ1) is 40.7. The van der Waals surface area contributed by atoms with Gasteiger partial charge < -0.3 is 28.0 Å². The van der Waals surface area contributed by atoms with E-state index < -0.39 is 48.6 Å². The molecule has 0 fully saturated rings. The minimum Gasteiger partial charge on any atom is -0.480 e. The first-order valence-electron chi connectivity index (χ1n) is 26.2. The van der Waals surface area contributed by atoms with Crippen LogP contribution in [0.4, 0.5) is 11.6 Å². The summed E-state index contributed by atoms with van der Waals surface area (Å²) >= 11 is 24.7. The minimum atomic E-state index is -4.22. The van der Waals surface area contributed by atoms with E-state index in [1.807, 2.05) is 81.4 Å². The Kier molecular flexibility index (Phi) is 21.7. The highest BCUT2D eigenvalue weighted by molar-refractivity contribution is 7.89. The standard InChI is InChI=1S/C20H20ClN5O4S.C20H22ClN5O2S.C19H18Cl2N2O2S/c1-12(13-5-3-2-4-6-13)26(11-18(27)28)31(29,30)14-7-8-15-16(9-14)19(25-20(22)23)24-10-17(15)21;1-3-26(13(2)14-7-5-4-6-8-14)29(27,28)15-9-10-16-17(11-15)19(25-20(22)23)24-12-18(16)21;1-3-23(13(2)14-7-5-4-6-8-14)26(24,25)15-9-10-16-17(11-15)19(21)22-12-18(16)20/h2-10,12H,11H2,1H3,(H,27,28)(H4,22,23,24,25);4-13H,3H2,1-2H3,(H4,22,23,24,25);4-13H,3H2,1-2H3/t12-;2*13-/m111/s1. The monoisotopic (exact) mass is 1300 g/mol. The van der Waals surface area contributed by atoms with Gasteiger partial charge in [-0.05, 0) is 73.9 Å². The fourth-order valence-corrected chi connectivity index (χ4v) is 15.1. The van der Waals surface area contributed by atoms with Gasteiger partial charge in [0.15, 0.2) is 23.6 Å². The molecule has 0 amide bonds. The summed E-state index contributed by atoms with van der Waals surface area (Å²) in [6.07, 6.45) is 4.24. The lowest BCUT2D eigenvalue weighted by atomic mass is 10.1. The fraction of sp³-hybridized carbons (Fsp3) is 0.186. The maximum absolute atomic E-state index is 13.5. The van der Waals surface area contributed by atoms with Gasteiger partial charge in [0.1, 0.15) is 11.7 Å². The number of nitrogens with two attached hydrogens (primary N) is 4. The summed E-state index contributed by atoms with van der Waals surface area (Å²) in [6.45, 7) is 8.93. The number of carbonyl (C=O) groups is 1. The number of benzene rings is 6. The maximum atomic E-state index is 13.5. The molecule has 0 bridgehead atoms. The highest BCUT2D eigenvalue weighted by atomic mass is 35.5. The van der Waals surface area contributed by atoms with Gasteiger partial charge in [0.25, 0.3) is 0 Å². The number of aliphatic imine (C=N–C) groups is 2. The van der Waals surface area contributed by atoms with Crippen molar-refractivity contribution in [3.63, 3.8) is 0 Å². The molecular formula is C59H60Cl4N12O8S3. The lowest BCUT2D eigenvalue weighted by molar-refractivity contribution is -0.137. The van der Waals surface area contributed by atoms with Crippen LogP contribution in [0, 0.1) is 0 Å². The fourth-order valence-electron chi connectivity index (χ4n) is 9.37. The van der Waals surface area contributed by atoms with Crippen molar-refractivity contribution in [2.45, 2.75) is 67.4 Å². The van der Waals surface area contributed by atoms with Gasteiger partial charge in [0.2, 0.25) is 30.1 Å². The normalized spacial score (nSPS) is 12.9. The number of hydrogen-bond acceptors (Lipinski definition) is 12. The second-order valence-corrected chi connectivity index (χ2v) is 26.3. The molecule has 86 heavy (non-hydrogen) atoms. The number of fused-ring (bicyclic) bond motifs is 3. The smallest absolute Gasteiger partial charge is 0.318 e. The van der Waals surface area contributed by atoms with E-state index in [0.29, 0.717) is 61.0 Å². The molecule has 0 aliphatic rings. The summed E-state index contributed by atoms with van der Waals surface area (Å²) in [5.74, 6) is -1.41. The summed E-state index contributed by atoms with van der Waals surface area (Å²) in [5.41, 5.74) is 24.3. The van der Waals surface area contributed by atoms with Crippen molar-refractivity contribution in [3.8, 4) is 0 Å². The van der Waals surface area contributed by atoms with E-state index in [4.69, 9.17) is 69.3 Å². The third-order valence-electron chi connectivity index (χ3n) is 13.7. The van der Waals surface area contributed by atoms with Crippen molar-refractivity contribution in [1.82, 2.24) is 27.9 Å². The Hall–Kier alpha value is -7.55. The van der Waals surface area contributed by atoms with E-state index in [2.05, 4.69) is 24.9 Å². The highest BCUT2D eigenvalue weighted by Gasteiger charge is 2.34. The molecule has 9 rings (SSSR count). The molecule has 3 atom stereocenters. The topological polar surface area (TPSA) is 317 Å². The molecule has 9 N–H and O–H groups in total. The molecule has 0 radical (unpaired) electrons. The second kappa shape index (κ2) is 28.3. The van der Waals surface area contributed by atoms with Crippen LogP contribution in [0.5, 0.6) is 0 Å². The zero-order valence-electron chi connectivity index (χ0n) is 46.9. The zero-order valence-corrected chi connectivity index (χ0v) is 52.3. The largest absolute Gasteiger partial charge is 0.480 e. The molecule has 0 saturated heterocycles. The third kappa shape index (κ3) is 15.0. The molecule has 0 aliphatic heterocycles. The summed E-state index contributed by atoms with van der Waals surface area (Å²) in [4.78, 5) is 31.7. The Morgan fingerprint density at radius 3 is 1.09 bits per heavy atom. The van der Waals surface area contributed by atoms with Crippen LogP contribution in [0.2, 0.25) is 20.2 Å². The van der Waals surface area contributed by atoms with Crippen LogP contribution in [0.25, 0.3) is 32.3 Å². The predicted molar refractivity (Wildman–Crippen MR) is 341 cm³/mol. The molecule has 0 aliphatic carbocycles. The number of aliphatic carboxylic acids is 1. The highest BCUT2D eigenvalue weighted by Crippen LogP contribution is 2.37. The Morgan fingerprint density at radius 1 is 0.465 bits per heavy atom. The molecule has 6 aromatic carbocycles. The predicted octanol–water partition coefficient (Wildman–Crippen LogP) is 11.5. The summed E-state index contributed by atoms with van der Waals surface area (Å²) in [5, 5.41) is 13.7. The Labute approximate surface area is 518 Å². The van der Waals surface area contributed by atoms with E-state index in [0.717, 1.165) is 15.4 Å². The van der Waals surface area contributed by atoms with Gasteiger partial charge in [-0.2, -0.15) is 22.9 Å². The van der Waals surface area contributed by atoms with Crippen molar-refractivity contribution < 1.29 is 35.2 Å². The van der Waals surface area contributed by atoms with E-state index in [-0.39, 0.29) is 60.5 Å². The Balaban J connectivity index is 0.000000185. The van der Waals surface area contributed by atoms with Crippen LogP contribution in [0.15, 0.2) is 189 Å². The Bertz CT molecular complexity index is 4350. The quantitative estimate of drug-likeness (QED) is 0.0303. The van der Waals surface area contributed by atoms with Gasteiger partial charge in [0, 0.05) is 82.1 Å². The molecule has 3 aromatic heterocycles. The van der Waals surface area contributed by atoms with Gasteiger partial charge in [0.05, 0.1) is 29.8 Å². The summed E-state index contributed by atoms with van der Waals surface area (Å²) in [7, 11) is -11.7. The van der Waals surface area contributed by atoms with Crippen LogP contribution < -0.4 is 22.9 Å². The van der Waals surface area contributed by atoms with Gasteiger partial charge >= 0.3 is 5.97 Å². The first-order valence-corrected chi connectivity index (χ1v) is 32.1. The van der Waals surface area contributed by atoms with Crippen molar-refractivity contribution in [2.75, 3.05) is 19.6 Å². The number of sulfonamides is 3. The molecule has 9 aromatic rings. The van der Waals surface area contributed by atoms with E-state index in [9.17, 15) is 35.2 Å². The van der Waals surface area contributed by atoms with Crippen LogP contribution in [0.3, 0.4) is 0 Å². The second-order valence-electron chi connectivity index (χ2n) is 19.1. The summed E-state index contributed by atoms with van der Waals surface area (Å²) in [6, 6.07) is 40.0. The van der Waals surface area contributed by atoms with E-state index >= 15 is 0 Å². The molecule has 450 valence electrons. The molecule has 20 nitrogen and oxygen atoms in total. The molecule has 0 unspecified atom stereocenters. The van der Waals surface area contributed by atoms with Crippen molar-refractivity contribution in [3.05, 3.63) is 201 Å². The van der Waals surface area contributed by atoms with Crippen LogP contribution in [-0.2, 0) is 34.9 Å². The van der Waals surface area contributed by atoms with Crippen LogP contribution in [-0.4, -0.2) is 95.8 Å². The van der Waals surface area contributed by atoms with Crippen molar-refractivity contribution in [1.29, 1.82) is 0 Å². The molecule has 3 heterocycles. The number of carboxylic acid groups (broad SMARTS) is 1.